The van der Waals surface area contributed by atoms with Crippen LogP contribution in [0.15, 0.2) is 0 Å². The third kappa shape index (κ3) is 4.42. The SMILES string of the molecule is CC(C)N(C)[C@@H]1CC[C@H](N2CC[C@H](N)C2=O)[C@@H](CS(=O)(=O)C(C)(C)C)C1. The Morgan fingerprint density at radius 2 is 1.85 bits per heavy atom. The van der Waals surface area contributed by atoms with Crippen molar-refractivity contribution in [2.45, 2.75) is 89.2 Å². The Morgan fingerprint density at radius 3 is 2.31 bits per heavy atom. The lowest BCUT2D eigenvalue weighted by atomic mass is 9.81. The first-order valence-electron chi connectivity index (χ1n) is 9.85. The molecule has 2 rings (SSSR count). The van der Waals surface area contributed by atoms with Crippen LogP contribution in [0.2, 0.25) is 0 Å². The molecule has 0 bridgehead atoms. The molecule has 0 aromatic heterocycles. The van der Waals surface area contributed by atoms with Gasteiger partial charge in [-0.05, 0) is 73.3 Å². The van der Waals surface area contributed by atoms with E-state index >= 15 is 0 Å². The van der Waals surface area contributed by atoms with Gasteiger partial charge in [0.25, 0.3) is 0 Å². The first-order chi connectivity index (χ1) is 11.8. The van der Waals surface area contributed by atoms with E-state index in [1.54, 1.807) is 20.8 Å². The van der Waals surface area contributed by atoms with Gasteiger partial charge >= 0.3 is 0 Å². The van der Waals surface area contributed by atoms with E-state index in [1.165, 1.54) is 0 Å². The summed E-state index contributed by atoms with van der Waals surface area (Å²) in [5.41, 5.74) is 5.91. The lowest BCUT2D eigenvalue weighted by Crippen LogP contribution is -2.53. The molecule has 26 heavy (non-hydrogen) atoms. The Kier molecular flexibility index (Phi) is 6.46. The van der Waals surface area contributed by atoms with Gasteiger partial charge < -0.3 is 15.5 Å². The number of carbonyl (C=O) groups excluding carboxylic acids is 1. The van der Waals surface area contributed by atoms with Crippen LogP contribution in [-0.4, -0.2) is 72.4 Å². The molecule has 2 N–H and O–H groups in total. The predicted octanol–water partition coefficient (Wildman–Crippen LogP) is 1.64. The highest BCUT2D eigenvalue weighted by Gasteiger charge is 2.44. The van der Waals surface area contributed by atoms with E-state index in [1.807, 2.05) is 4.90 Å². The second-order valence-electron chi connectivity index (χ2n) is 9.37. The van der Waals surface area contributed by atoms with Crippen molar-refractivity contribution >= 4 is 15.7 Å². The van der Waals surface area contributed by atoms with Crippen LogP contribution in [0.1, 0.15) is 60.3 Å². The fraction of sp³-hybridized carbons (Fsp3) is 0.947. The Balaban J connectivity index is 2.25. The number of carbonyl (C=O) groups is 1. The largest absolute Gasteiger partial charge is 0.338 e. The summed E-state index contributed by atoms with van der Waals surface area (Å²) in [5.74, 6) is 0.0973. The van der Waals surface area contributed by atoms with E-state index in [9.17, 15) is 13.2 Å². The van der Waals surface area contributed by atoms with Gasteiger partial charge in [0.2, 0.25) is 5.91 Å². The van der Waals surface area contributed by atoms with Crippen molar-refractivity contribution < 1.29 is 13.2 Å². The smallest absolute Gasteiger partial charge is 0.239 e. The molecule has 1 heterocycles. The summed E-state index contributed by atoms with van der Waals surface area (Å²) in [7, 11) is -1.13. The molecule has 1 saturated carbocycles. The highest BCUT2D eigenvalue weighted by molar-refractivity contribution is 7.92. The molecular weight excluding hydrogens is 350 g/mol. The normalized spacial score (nSPS) is 31.3. The van der Waals surface area contributed by atoms with E-state index in [4.69, 9.17) is 5.73 Å². The molecule has 1 aliphatic heterocycles. The zero-order chi connectivity index (χ0) is 19.9. The minimum atomic E-state index is -3.25. The molecule has 1 aliphatic carbocycles. The third-order valence-electron chi connectivity index (χ3n) is 6.35. The van der Waals surface area contributed by atoms with Crippen LogP contribution in [0.25, 0.3) is 0 Å². The number of hydrogen-bond donors (Lipinski definition) is 1. The van der Waals surface area contributed by atoms with Crippen molar-refractivity contribution in [3.63, 3.8) is 0 Å². The van der Waals surface area contributed by atoms with Gasteiger partial charge in [0.05, 0.1) is 16.5 Å². The number of nitrogens with two attached hydrogens (primary N) is 1. The van der Waals surface area contributed by atoms with Gasteiger partial charge in [0.1, 0.15) is 0 Å². The van der Waals surface area contributed by atoms with Crippen molar-refractivity contribution in [2.24, 2.45) is 11.7 Å². The molecule has 0 aromatic carbocycles. The number of rotatable bonds is 5. The van der Waals surface area contributed by atoms with Gasteiger partial charge in [-0.25, -0.2) is 8.42 Å². The van der Waals surface area contributed by atoms with E-state index in [2.05, 4.69) is 25.8 Å². The predicted molar refractivity (Wildman–Crippen MR) is 106 cm³/mol. The topological polar surface area (TPSA) is 83.7 Å². The standard InChI is InChI=1S/C19H37N3O3S/c1-13(2)21(6)15-7-8-17(22-10-9-16(20)18(22)23)14(11-15)12-26(24,25)19(3,4)5/h13-17H,7-12,20H2,1-6H3/t14-,15-,16+,17+/m1/s1. The zero-order valence-corrected chi connectivity index (χ0v) is 18.1. The highest BCUT2D eigenvalue weighted by Crippen LogP contribution is 2.36. The first-order valence-corrected chi connectivity index (χ1v) is 11.5. The number of hydrogen-bond acceptors (Lipinski definition) is 5. The van der Waals surface area contributed by atoms with E-state index in [0.717, 1.165) is 19.3 Å². The molecule has 6 nitrogen and oxygen atoms in total. The summed E-state index contributed by atoms with van der Waals surface area (Å²) in [6.45, 7) is 10.3. The van der Waals surface area contributed by atoms with Gasteiger partial charge in [-0.1, -0.05) is 0 Å². The molecule has 1 saturated heterocycles. The van der Waals surface area contributed by atoms with Gasteiger partial charge in [-0.2, -0.15) is 0 Å². The number of sulfone groups is 1. The van der Waals surface area contributed by atoms with E-state index < -0.39 is 20.6 Å². The lowest BCUT2D eigenvalue weighted by Gasteiger charge is -2.45. The molecule has 4 atom stereocenters. The Morgan fingerprint density at radius 1 is 1.23 bits per heavy atom. The van der Waals surface area contributed by atoms with Crippen LogP contribution in [0.4, 0.5) is 0 Å². The van der Waals surface area contributed by atoms with Crippen LogP contribution in [0.3, 0.4) is 0 Å². The molecular formula is C19H37N3O3S. The summed E-state index contributed by atoms with van der Waals surface area (Å²) in [6.07, 6.45) is 3.33. The summed E-state index contributed by atoms with van der Waals surface area (Å²) in [5, 5.41) is 0. The van der Waals surface area contributed by atoms with Crippen molar-refractivity contribution in [3.05, 3.63) is 0 Å². The Bertz CT molecular complexity index is 612. The van der Waals surface area contributed by atoms with E-state index in [-0.39, 0.29) is 23.6 Å². The molecule has 1 amide bonds. The second-order valence-corrected chi connectivity index (χ2v) is 12.2. The second kappa shape index (κ2) is 7.76. The molecule has 152 valence electrons. The summed E-state index contributed by atoms with van der Waals surface area (Å²) >= 11 is 0. The summed E-state index contributed by atoms with van der Waals surface area (Å²) in [4.78, 5) is 16.7. The average Bonchev–Trinajstić information content (AvgIpc) is 2.84. The van der Waals surface area contributed by atoms with Gasteiger partial charge in [0.15, 0.2) is 9.84 Å². The summed E-state index contributed by atoms with van der Waals surface area (Å²) in [6, 6.07) is 0.340. The monoisotopic (exact) mass is 387 g/mol. The third-order valence-corrected chi connectivity index (χ3v) is 9.09. The molecule has 7 heteroatoms. The molecule has 0 radical (unpaired) electrons. The maximum Gasteiger partial charge on any atom is 0.239 e. The van der Waals surface area contributed by atoms with E-state index in [0.29, 0.717) is 25.0 Å². The van der Waals surface area contributed by atoms with Crippen LogP contribution >= 0.6 is 0 Å². The first kappa shape index (κ1) is 21.6. The molecule has 0 aromatic rings. The van der Waals surface area contributed by atoms with Gasteiger partial charge in [-0.15, -0.1) is 0 Å². The lowest BCUT2D eigenvalue weighted by molar-refractivity contribution is -0.132. The molecule has 2 fully saturated rings. The maximum absolute atomic E-state index is 12.9. The Labute approximate surface area is 159 Å². The number of amides is 1. The molecule has 0 spiro atoms. The fourth-order valence-electron chi connectivity index (χ4n) is 4.19. The summed E-state index contributed by atoms with van der Waals surface area (Å²) < 4.78 is 25.0. The zero-order valence-electron chi connectivity index (χ0n) is 17.2. The number of likely N-dealkylation sites (tertiary alicyclic amines) is 1. The number of nitrogens with zero attached hydrogens (tertiary/aromatic N) is 2. The Hall–Kier alpha value is -0.660. The van der Waals surface area contributed by atoms with Gasteiger partial charge in [0, 0.05) is 24.7 Å². The maximum atomic E-state index is 12.9. The van der Waals surface area contributed by atoms with Gasteiger partial charge in [-0.3, -0.25) is 4.79 Å². The molecule has 0 unspecified atom stereocenters. The fourth-order valence-corrected chi connectivity index (χ4v) is 5.61. The van der Waals surface area contributed by atoms with Crippen molar-refractivity contribution in [1.29, 1.82) is 0 Å². The average molecular weight is 388 g/mol. The minimum Gasteiger partial charge on any atom is -0.338 e. The minimum absolute atomic E-state index is 0.00927. The van der Waals surface area contributed by atoms with Crippen LogP contribution in [0.5, 0.6) is 0 Å². The van der Waals surface area contributed by atoms with Crippen molar-refractivity contribution in [2.75, 3.05) is 19.3 Å². The van der Waals surface area contributed by atoms with Crippen LogP contribution in [-0.2, 0) is 14.6 Å². The van der Waals surface area contributed by atoms with Crippen LogP contribution in [0, 0.1) is 5.92 Å². The van der Waals surface area contributed by atoms with Crippen LogP contribution < -0.4 is 5.73 Å². The van der Waals surface area contributed by atoms with Crippen molar-refractivity contribution in [1.82, 2.24) is 9.80 Å². The molecule has 2 aliphatic rings. The quantitative estimate of drug-likeness (QED) is 0.775. The van der Waals surface area contributed by atoms with Crippen molar-refractivity contribution in [3.8, 4) is 0 Å². The highest BCUT2D eigenvalue weighted by atomic mass is 32.2.